The molecule has 4 aromatic rings. The van der Waals surface area contributed by atoms with Crippen molar-refractivity contribution < 1.29 is 9.18 Å². The topological polar surface area (TPSA) is 95.9 Å². The molecule has 2 aromatic carbocycles. The number of rotatable bonds is 6. The van der Waals surface area contributed by atoms with Crippen LogP contribution in [0.25, 0.3) is 16.6 Å². The lowest BCUT2D eigenvalue weighted by Crippen LogP contribution is -2.22. The molecule has 2 N–H and O–H groups in total. The minimum absolute atomic E-state index is 0.233. The second-order valence-corrected chi connectivity index (χ2v) is 8.93. The first-order valence-electron chi connectivity index (χ1n) is 11.7. The predicted molar refractivity (Wildman–Crippen MR) is 140 cm³/mol. The van der Waals surface area contributed by atoms with Crippen LogP contribution >= 0.6 is 0 Å². The van der Waals surface area contributed by atoms with Gasteiger partial charge in [-0.3, -0.25) is 4.79 Å². The smallest absolute Gasteiger partial charge is 0.255 e. The normalized spacial score (nSPS) is 15.2. The number of carbonyl (C=O) groups is 1. The van der Waals surface area contributed by atoms with E-state index in [-0.39, 0.29) is 12.5 Å². The Bertz CT molecular complexity index is 1470. The Kier molecular flexibility index (Phi) is 6.28. The van der Waals surface area contributed by atoms with E-state index in [1.54, 1.807) is 18.3 Å². The van der Waals surface area contributed by atoms with Crippen LogP contribution in [0.3, 0.4) is 0 Å². The largest absolute Gasteiger partial charge is 0.338 e. The number of benzene rings is 2. The number of amides is 1. The van der Waals surface area contributed by atoms with Crippen molar-refractivity contribution in [2.24, 2.45) is 0 Å². The molecule has 0 aliphatic carbocycles. The van der Waals surface area contributed by atoms with Crippen LogP contribution in [0.15, 0.2) is 61.6 Å². The van der Waals surface area contributed by atoms with E-state index < -0.39 is 6.17 Å². The number of halogens is 1. The first-order chi connectivity index (χ1) is 17.4. The Hall–Kier alpha value is -4.40. The van der Waals surface area contributed by atoms with Crippen LogP contribution < -0.4 is 15.5 Å². The molecule has 0 saturated carbocycles. The highest BCUT2D eigenvalue weighted by Crippen LogP contribution is 2.27. The van der Waals surface area contributed by atoms with Crippen molar-refractivity contribution in [3.63, 3.8) is 0 Å². The Morgan fingerprint density at radius 2 is 2.00 bits per heavy atom. The van der Waals surface area contributed by atoms with Crippen LogP contribution in [0.1, 0.15) is 34.8 Å². The zero-order valence-electron chi connectivity index (χ0n) is 20.1. The average Bonchev–Trinajstić information content (AvgIpc) is 3.31. The summed E-state index contributed by atoms with van der Waals surface area (Å²) >= 11 is 0. The van der Waals surface area contributed by atoms with Gasteiger partial charge in [-0.05, 0) is 55.7 Å². The summed E-state index contributed by atoms with van der Waals surface area (Å²) in [5.74, 6) is 0.695. The third-order valence-corrected chi connectivity index (χ3v) is 6.14. The summed E-state index contributed by atoms with van der Waals surface area (Å²) in [6, 6.07) is 13.0. The summed E-state index contributed by atoms with van der Waals surface area (Å²) in [6.07, 6.45) is 2.63. The molecule has 1 saturated heterocycles. The van der Waals surface area contributed by atoms with E-state index in [0.29, 0.717) is 52.7 Å². The van der Waals surface area contributed by atoms with Crippen LogP contribution in [-0.2, 0) is 0 Å². The van der Waals surface area contributed by atoms with Crippen molar-refractivity contribution in [1.29, 1.82) is 0 Å². The number of carbonyl (C=O) groups excluding carboxylic acids is 1. The van der Waals surface area contributed by atoms with Crippen molar-refractivity contribution in [1.82, 2.24) is 19.9 Å². The number of fused-ring (bicyclic) bond motifs is 1. The summed E-state index contributed by atoms with van der Waals surface area (Å²) in [4.78, 5) is 32.4. The number of anilines is 4. The molecular weight excluding hydrogens is 457 g/mol. The molecular formula is C27H26FN7O. The highest BCUT2D eigenvalue weighted by Gasteiger charge is 2.24. The standard InChI is InChI=1S/C27H26FN7O/c1-16(2)18-5-4-6-21(11-18)32-26(36)19-8-7-17(3)22(12-19)33-25-24-23(30-15-31-25)13-29-27(34-24)35-10-9-20(28)14-35/h4-8,11-13,15,20H,1,9-10,14H2,2-3H3,(H,32,36)(H,30,31,33)/t20-/m1/s1. The second-order valence-electron chi connectivity index (χ2n) is 8.93. The van der Waals surface area contributed by atoms with Crippen molar-refractivity contribution >= 4 is 45.7 Å². The van der Waals surface area contributed by atoms with E-state index in [2.05, 4.69) is 37.1 Å². The number of allylic oxidation sites excluding steroid dienone is 1. The average molecular weight is 484 g/mol. The van der Waals surface area contributed by atoms with Crippen molar-refractivity contribution in [2.45, 2.75) is 26.4 Å². The number of nitrogens with zero attached hydrogens (tertiary/aromatic N) is 5. The summed E-state index contributed by atoms with van der Waals surface area (Å²) in [6.45, 7) is 8.66. The Balaban J connectivity index is 1.42. The first-order valence-corrected chi connectivity index (χ1v) is 11.7. The lowest BCUT2D eigenvalue weighted by atomic mass is 10.1. The zero-order chi connectivity index (χ0) is 25.2. The summed E-state index contributed by atoms with van der Waals surface area (Å²) < 4.78 is 13.7. The van der Waals surface area contributed by atoms with Crippen molar-refractivity contribution in [3.8, 4) is 0 Å². The van der Waals surface area contributed by atoms with Gasteiger partial charge in [-0.15, -0.1) is 0 Å². The van der Waals surface area contributed by atoms with E-state index in [0.717, 1.165) is 16.7 Å². The van der Waals surface area contributed by atoms with Crippen LogP contribution in [-0.4, -0.2) is 45.1 Å². The van der Waals surface area contributed by atoms with E-state index in [9.17, 15) is 9.18 Å². The number of alkyl halides is 1. The minimum Gasteiger partial charge on any atom is -0.338 e. The van der Waals surface area contributed by atoms with Crippen LogP contribution in [0.5, 0.6) is 0 Å². The second kappa shape index (κ2) is 9.69. The number of hydrogen-bond donors (Lipinski definition) is 2. The highest BCUT2D eigenvalue weighted by molar-refractivity contribution is 6.05. The lowest BCUT2D eigenvalue weighted by molar-refractivity contribution is 0.102. The Morgan fingerprint density at radius 1 is 1.14 bits per heavy atom. The lowest BCUT2D eigenvalue weighted by Gasteiger charge is -2.16. The molecule has 1 fully saturated rings. The molecule has 0 unspecified atom stereocenters. The van der Waals surface area contributed by atoms with Gasteiger partial charge < -0.3 is 15.5 Å². The van der Waals surface area contributed by atoms with Gasteiger partial charge in [-0.25, -0.2) is 24.3 Å². The quantitative estimate of drug-likeness (QED) is 0.384. The first kappa shape index (κ1) is 23.3. The predicted octanol–water partition coefficient (Wildman–Crippen LogP) is 5.31. The summed E-state index contributed by atoms with van der Waals surface area (Å²) in [5, 5.41) is 6.25. The maximum Gasteiger partial charge on any atom is 0.255 e. The maximum atomic E-state index is 13.7. The third kappa shape index (κ3) is 4.86. The molecule has 3 heterocycles. The van der Waals surface area contributed by atoms with Gasteiger partial charge in [0.05, 0.1) is 12.7 Å². The summed E-state index contributed by atoms with van der Waals surface area (Å²) in [5.41, 5.74) is 5.80. The van der Waals surface area contributed by atoms with E-state index >= 15 is 0 Å². The van der Waals surface area contributed by atoms with Gasteiger partial charge in [0.15, 0.2) is 5.82 Å². The molecule has 36 heavy (non-hydrogen) atoms. The fourth-order valence-corrected chi connectivity index (χ4v) is 4.08. The number of aromatic nitrogens is 4. The van der Waals surface area contributed by atoms with Gasteiger partial charge in [0.2, 0.25) is 5.95 Å². The molecule has 1 amide bonds. The van der Waals surface area contributed by atoms with Gasteiger partial charge in [0.25, 0.3) is 5.91 Å². The number of nitrogens with one attached hydrogen (secondary N) is 2. The van der Waals surface area contributed by atoms with Gasteiger partial charge in [0.1, 0.15) is 23.5 Å². The fourth-order valence-electron chi connectivity index (χ4n) is 4.08. The molecule has 182 valence electrons. The van der Waals surface area contributed by atoms with Crippen LogP contribution in [0.4, 0.5) is 27.5 Å². The molecule has 9 heteroatoms. The Morgan fingerprint density at radius 3 is 2.78 bits per heavy atom. The maximum absolute atomic E-state index is 13.7. The van der Waals surface area contributed by atoms with E-state index in [1.165, 1.54) is 6.33 Å². The summed E-state index contributed by atoms with van der Waals surface area (Å²) in [7, 11) is 0. The molecule has 5 rings (SSSR count). The monoisotopic (exact) mass is 483 g/mol. The molecule has 1 atom stereocenters. The molecule has 1 aliphatic heterocycles. The zero-order valence-corrected chi connectivity index (χ0v) is 20.1. The van der Waals surface area contributed by atoms with E-state index in [1.807, 2.05) is 49.1 Å². The van der Waals surface area contributed by atoms with Crippen molar-refractivity contribution in [2.75, 3.05) is 28.6 Å². The van der Waals surface area contributed by atoms with E-state index in [4.69, 9.17) is 0 Å². The van der Waals surface area contributed by atoms with Crippen LogP contribution in [0, 0.1) is 6.92 Å². The molecule has 2 aromatic heterocycles. The molecule has 0 radical (unpaired) electrons. The van der Waals surface area contributed by atoms with Gasteiger partial charge in [-0.2, -0.15) is 0 Å². The van der Waals surface area contributed by atoms with Gasteiger partial charge >= 0.3 is 0 Å². The minimum atomic E-state index is -0.881. The van der Waals surface area contributed by atoms with Crippen molar-refractivity contribution in [3.05, 3.63) is 78.3 Å². The highest BCUT2D eigenvalue weighted by atomic mass is 19.1. The fraction of sp³-hybridized carbons (Fsp3) is 0.222. The number of hydrogen-bond acceptors (Lipinski definition) is 7. The molecule has 8 nitrogen and oxygen atoms in total. The molecule has 0 bridgehead atoms. The van der Waals surface area contributed by atoms with Gasteiger partial charge in [0, 0.05) is 23.5 Å². The Labute approximate surface area is 208 Å². The molecule has 0 spiro atoms. The number of aryl methyl sites for hydroxylation is 1. The van der Waals surface area contributed by atoms with Crippen LogP contribution in [0.2, 0.25) is 0 Å². The van der Waals surface area contributed by atoms with Gasteiger partial charge in [-0.1, -0.05) is 30.4 Å². The third-order valence-electron chi connectivity index (χ3n) is 6.14. The molecule has 1 aliphatic rings. The SMILES string of the molecule is C=C(C)c1cccc(NC(=O)c2ccc(C)c(Nc3ncnc4cnc(N5CC[C@@H](F)C5)nc34)c2)c1.